The molecule has 1 rings (SSSR count). The Labute approximate surface area is 81.0 Å². The summed E-state index contributed by atoms with van der Waals surface area (Å²) in [6.07, 6.45) is 14.1. The van der Waals surface area contributed by atoms with Crippen molar-refractivity contribution >= 4 is 11.6 Å². The Morgan fingerprint density at radius 2 is 1.83 bits per heavy atom. The lowest BCUT2D eigenvalue weighted by atomic mass is 9.87. The largest absolute Gasteiger partial charge is 0.126 e. The molecule has 12 heavy (non-hydrogen) atoms. The summed E-state index contributed by atoms with van der Waals surface area (Å²) in [5, 5.41) is 0. The summed E-state index contributed by atoms with van der Waals surface area (Å²) in [6.45, 7) is 0. The fraction of sp³-hybridized carbons (Fsp3) is 0.818. The van der Waals surface area contributed by atoms with Crippen molar-refractivity contribution in [2.24, 2.45) is 5.92 Å². The van der Waals surface area contributed by atoms with Crippen molar-refractivity contribution in [2.45, 2.75) is 44.9 Å². The highest BCUT2D eigenvalue weighted by molar-refractivity contribution is 6.17. The van der Waals surface area contributed by atoms with E-state index in [-0.39, 0.29) is 0 Å². The monoisotopic (exact) mass is 186 g/mol. The van der Waals surface area contributed by atoms with Crippen LogP contribution in [0.4, 0.5) is 0 Å². The fourth-order valence-electron chi connectivity index (χ4n) is 1.89. The molecule has 1 aliphatic rings. The summed E-state index contributed by atoms with van der Waals surface area (Å²) in [5.74, 6) is 1.74. The molecule has 0 unspecified atom stereocenters. The maximum atomic E-state index is 5.57. The van der Waals surface area contributed by atoms with E-state index in [1.807, 2.05) is 0 Å². The van der Waals surface area contributed by atoms with Crippen molar-refractivity contribution < 1.29 is 0 Å². The summed E-state index contributed by atoms with van der Waals surface area (Å²) in [7, 11) is 0. The van der Waals surface area contributed by atoms with Crippen molar-refractivity contribution in [2.75, 3.05) is 5.88 Å². The first-order chi connectivity index (χ1) is 5.93. The van der Waals surface area contributed by atoms with Crippen molar-refractivity contribution in [3.05, 3.63) is 12.2 Å². The van der Waals surface area contributed by atoms with Crippen LogP contribution in [0.2, 0.25) is 0 Å². The normalized spacial score (nSPS) is 20.4. The lowest BCUT2D eigenvalue weighted by molar-refractivity contribution is 0.361. The SMILES string of the molecule is ClCCC=CCC1CCCCC1. The molecular formula is C11H19Cl. The quantitative estimate of drug-likeness (QED) is 0.457. The fourth-order valence-corrected chi connectivity index (χ4v) is 2.02. The van der Waals surface area contributed by atoms with Gasteiger partial charge in [-0.1, -0.05) is 44.3 Å². The zero-order valence-electron chi connectivity index (χ0n) is 7.77. The Bertz CT molecular complexity index is 123. The molecule has 1 aliphatic carbocycles. The maximum absolute atomic E-state index is 5.57. The number of hydrogen-bond donors (Lipinski definition) is 0. The zero-order chi connectivity index (χ0) is 8.65. The molecule has 0 spiro atoms. The van der Waals surface area contributed by atoms with Crippen LogP contribution < -0.4 is 0 Å². The number of allylic oxidation sites excluding steroid dienone is 2. The minimum absolute atomic E-state index is 0.765. The Kier molecular flexibility index (Phi) is 5.51. The topological polar surface area (TPSA) is 0 Å². The third-order valence-electron chi connectivity index (χ3n) is 2.64. The van der Waals surface area contributed by atoms with Gasteiger partial charge in [-0.2, -0.15) is 0 Å². The lowest BCUT2D eigenvalue weighted by Crippen LogP contribution is -2.04. The van der Waals surface area contributed by atoms with Gasteiger partial charge in [-0.15, -0.1) is 11.6 Å². The van der Waals surface area contributed by atoms with Gasteiger partial charge in [-0.05, 0) is 18.8 Å². The second kappa shape index (κ2) is 6.54. The van der Waals surface area contributed by atoms with Gasteiger partial charge >= 0.3 is 0 Å². The Balaban J connectivity index is 2.04. The van der Waals surface area contributed by atoms with Crippen molar-refractivity contribution in [3.63, 3.8) is 0 Å². The van der Waals surface area contributed by atoms with E-state index >= 15 is 0 Å². The molecule has 0 aliphatic heterocycles. The minimum atomic E-state index is 0.765. The van der Waals surface area contributed by atoms with Gasteiger partial charge in [0.2, 0.25) is 0 Å². The van der Waals surface area contributed by atoms with Crippen molar-refractivity contribution in [1.82, 2.24) is 0 Å². The van der Waals surface area contributed by atoms with Gasteiger partial charge in [-0.3, -0.25) is 0 Å². The van der Waals surface area contributed by atoms with E-state index < -0.39 is 0 Å². The molecule has 1 saturated carbocycles. The van der Waals surface area contributed by atoms with Crippen LogP contribution in [0.3, 0.4) is 0 Å². The van der Waals surface area contributed by atoms with Crippen LogP contribution in [-0.2, 0) is 0 Å². The molecule has 0 aromatic rings. The number of halogens is 1. The molecule has 0 N–H and O–H groups in total. The summed E-state index contributed by atoms with van der Waals surface area (Å²) < 4.78 is 0. The van der Waals surface area contributed by atoms with Gasteiger partial charge in [0.25, 0.3) is 0 Å². The summed E-state index contributed by atoms with van der Waals surface area (Å²) in [6, 6.07) is 0. The summed E-state index contributed by atoms with van der Waals surface area (Å²) in [5.41, 5.74) is 0. The first-order valence-corrected chi connectivity index (χ1v) is 5.68. The van der Waals surface area contributed by atoms with Gasteiger partial charge < -0.3 is 0 Å². The van der Waals surface area contributed by atoms with Crippen molar-refractivity contribution in [1.29, 1.82) is 0 Å². The number of rotatable bonds is 4. The Morgan fingerprint density at radius 3 is 2.50 bits per heavy atom. The summed E-state index contributed by atoms with van der Waals surface area (Å²) >= 11 is 5.57. The second-order valence-corrected chi connectivity index (χ2v) is 4.07. The second-order valence-electron chi connectivity index (χ2n) is 3.69. The molecule has 0 radical (unpaired) electrons. The number of hydrogen-bond acceptors (Lipinski definition) is 0. The van der Waals surface area contributed by atoms with E-state index in [2.05, 4.69) is 12.2 Å². The van der Waals surface area contributed by atoms with Crippen molar-refractivity contribution in [3.8, 4) is 0 Å². The first kappa shape index (κ1) is 10.1. The third kappa shape index (κ3) is 4.15. The average Bonchev–Trinajstić information content (AvgIpc) is 2.14. The molecule has 0 aromatic carbocycles. The number of alkyl halides is 1. The molecule has 0 saturated heterocycles. The predicted octanol–water partition coefficient (Wildman–Crippen LogP) is 4.14. The highest BCUT2D eigenvalue weighted by Crippen LogP contribution is 2.26. The van der Waals surface area contributed by atoms with E-state index in [0.717, 1.165) is 18.2 Å². The van der Waals surface area contributed by atoms with E-state index in [1.165, 1.54) is 38.5 Å². The molecule has 0 atom stereocenters. The van der Waals surface area contributed by atoms with Crippen LogP contribution in [0, 0.1) is 5.92 Å². The molecule has 1 fully saturated rings. The molecule has 0 amide bonds. The van der Waals surface area contributed by atoms with Gasteiger partial charge in [-0.25, -0.2) is 0 Å². The highest BCUT2D eigenvalue weighted by atomic mass is 35.5. The molecule has 0 bridgehead atoms. The van der Waals surface area contributed by atoms with Crippen LogP contribution in [-0.4, -0.2) is 5.88 Å². The van der Waals surface area contributed by atoms with Crippen LogP contribution >= 0.6 is 11.6 Å². The van der Waals surface area contributed by atoms with Gasteiger partial charge in [0.15, 0.2) is 0 Å². The highest BCUT2D eigenvalue weighted by Gasteiger charge is 2.10. The standard InChI is InChI=1S/C11H19Cl/c12-10-6-2-5-9-11-7-3-1-4-8-11/h2,5,11H,1,3-4,6-10H2. The van der Waals surface area contributed by atoms with Crippen LogP contribution in [0.5, 0.6) is 0 Å². The maximum Gasteiger partial charge on any atom is 0.0257 e. The van der Waals surface area contributed by atoms with Crippen LogP contribution in [0.15, 0.2) is 12.2 Å². The lowest BCUT2D eigenvalue weighted by Gasteiger charge is -2.19. The molecule has 0 heterocycles. The van der Waals surface area contributed by atoms with E-state index in [1.54, 1.807) is 0 Å². The molecule has 1 heteroatoms. The van der Waals surface area contributed by atoms with E-state index in [9.17, 15) is 0 Å². The molecule has 70 valence electrons. The van der Waals surface area contributed by atoms with Gasteiger partial charge in [0.05, 0.1) is 0 Å². The molecular weight excluding hydrogens is 168 g/mol. The third-order valence-corrected chi connectivity index (χ3v) is 2.85. The Hall–Kier alpha value is 0.0300. The zero-order valence-corrected chi connectivity index (χ0v) is 8.52. The smallest absolute Gasteiger partial charge is 0.0257 e. The molecule has 0 nitrogen and oxygen atoms in total. The van der Waals surface area contributed by atoms with E-state index in [0.29, 0.717) is 0 Å². The van der Waals surface area contributed by atoms with Crippen LogP contribution in [0.25, 0.3) is 0 Å². The average molecular weight is 187 g/mol. The Morgan fingerprint density at radius 1 is 1.08 bits per heavy atom. The predicted molar refractivity (Wildman–Crippen MR) is 55.7 cm³/mol. The van der Waals surface area contributed by atoms with Crippen LogP contribution in [0.1, 0.15) is 44.9 Å². The first-order valence-electron chi connectivity index (χ1n) is 5.14. The molecule has 0 aromatic heterocycles. The summed E-state index contributed by atoms with van der Waals surface area (Å²) in [4.78, 5) is 0. The van der Waals surface area contributed by atoms with E-state index in [4.69, 9.17) is 11.6 Å². The van der Waals surface area contributed by atoms with Gasteiger partial charge in [0.1, 0.15) is 0 Å². The minimum Gasteiger partial charge on any atom is -0.126 e. The van der Waals surface area contributed by atoms with Gasteiger partial charge in [0, 0.05) is 5.88 Å².